The maximum atomic E-state index is 13.4. The number of hydrogen-bond donors (Lipinski definition) is 2. The van der Waals surface area contributed by atoms with Gasteiger partial charge in [0.25, 0.3) is 0 Å². The number of carbonyl (C=O) groups excluding carboxylic acids is 2. The zero-order chi connectivity index (χ0) is 46.7. The Morgan fingerprint density at radius 1 is 0.559 bits per heavy atom. The monoisotopic (exact) mass is 922 g/mol. The predicted molar refractivity (Wildman–Crippen MR) is 241 cm³/mol. The van der Waals surface area contributed by atoms with Crippen LogP contribution in [0.4, 0.5) is 0 Å². The van der Waals surface area contributed by atoms with Crippen molar-refractivity contribution in [2.45, 2.75) is 96.7 Å². The Bertz CT molecular complexity index is 2880. The first-order valence-electron chi connectivity index (χ1n) is 24.1. The van der Waals surface area contributed by atoms with E-state index in [-0.39, 0.29) is 35.4 Å². The molecule has 4 heterocycles. The van der Waals surface area contributed by atoms with Crippen LogP contribution < -0.4 is 28.4 Å². The van der Waals surface area contributed by atoms with Crippen LogP contribution in [0, 0.1) is 23.7 Å². The number of aromatic hydroxyl groups is 2. The summed E-state index contributed by atoms with van der Waals surface area (Å²) in [5, 5.41) is 26.2. The molecule has 14 atom stereocenters. The van der Waals surface area contributed by atoms with Gasteiger partial charge in [-0.15, -0.1) is 0 Å². The van der Waals surface area contributed by atoms with Gasteiger partial charge in [0.05, 0.1) is 25.0 Å². The Labute approximate surface area is 393 Å². The van der Waals surface area contributed by atoms with Crippen molar-refractivity contribution in [3.63, 3.8) is 0 Å². The number of phenolic OH excluding ortho intramolecular Hbond substituents is 2. The fourth-order valence-electron chi connectivity index (χ4n) is 19.8. The Balaban J connectivity index is 1.16. The molecule has 8 bridgehead atoms. The molecule has 2 N–H and O–H groups in total. The molecular formula is C54H54N2O12. The van der Waals surface area contributed by atoms with E-state index in [9.17, 15) is 19.8 Å². The smallest absolute Gasteiger partial charge is 0.308 e. The highest BCUT2D eigenvalue weighted by molar-refractivity contribution is 5.81. The van der Waals surface area contributed by atoms with Gasteiger partial charge in [-0.25, -0.2) is 0 Å². The molecule has 0 aromatic heterocycles. The minimum Gasteiger partial charge on any atom is -0.508 e. The second kappa shape index (κ2) is 12.1. The SMILES string of the molecule is COc1ccc2c3c1OC1C4(OC)c5c(OC(C)=O)ccc(O)c5C5(C6C4C4C6C67c8c(O)ccc(OC(C)=O)c8C4(OC)C4Oc8c(OC)ccc9c8C46CCN(C)C7C9)C(C2)N(C)CCC315. The van der Waals surface area contributed by atoms with Gasteiger partial charge in [0, 0.05) is 96.2 Å². The van der Waals surface area contributed by atoms with Gasteiger partial charge < -0.3 is 57.9 Å². The minimum absolute atomic E-state index is 0.121. The molecule has 17 rings (SSSR count). The molecule has 68 heavy (non-hydrogen) atoms. The van der Waals surface area contributed by atoms with Crippen molar-refractivity contribution in [1.29, 1.82) is 0 Å². The molecule has 14 heteroatoms. The molecule has 4 aromatic rings. The molecule has 0 radical (unpaired) electrons. The Morgan fingerprint density at radius 2 is 0.956 bits per heavy atom. The predicted octanol–water partition coefficient (Wildman–Crippen LogP) is 5.28. The van der Waals surface area contributed by atoms with Crippen molar-refractivity contribution in [3.8, 4) is 46.0 Å². The van der Waals surface area contributed by atoms with Crippen molar-refractivity contribution in [2.75, 3.05) is 55.6 Å². The number of phenols is 2. The van der Waals surface area contributed by atoms with Crippen LogP contribution in [-0.2, 0) is 64.8 Å². The van der Waals surface area contributed by atoms with Crippen LogP contribution in [0.5, 0.6) is 46.0 Å². The summed E-state index contributed by atoms with van der Waals surface area (Å²) in [7, 11) is 11.2. The van der Waals surface area contributed by atoms with Crippen LogP contribution in [0.25, 0.3) is 0 Å². The Kier molecular flexibility index (Phi) is 7.16. The summed E-state index contributed by atoms with van der Waals surface area (Å²) < 4.78 is 55.3. The normalized spacial score (nSPS) is 40.8. The molecule has 5 fully saturated rings. The number of rotatable bonds is 6. The van der Waals surface area contributed by atoms with Crippen LogP contribution in [0.2, 0.25) is 0 Å². The van der Waals surface area contributed by atoms with E-state index < -0.39 is 68.8 Å². The number of piperidine rings is 2. The van der Waals surface area contributed by atoms with Crippen molar-refractivity contribution in [1.82, 2.24) is 9.80 Å². The number of nitrogens with zero attached hydrogens (tertiary/aromatic N) is 2. The van der Waals surface area contributed by atoms with Crippen molar-refractivity contribution in [3.05, 3.63) is 93.0 Å². The summed E-state index contributed by atoms with van der Waals surface area (Å²) in [5.41, 5.74) is 1.14. The highest BCUT2D eigenvalue weighted by Crippen LogP contribution is 2.93. The van der Waals surface area contributed by atoms with Crippen LogP contribution in [-0.4, -0.2) is 112 Å². The molecule has 352 valence electrons. The summed E-state index contributed by atoms with van der Waals surface area (Å²) in [4.78, 5) is 31.7. The van der Waals surface area contributed by atoms with E-state index in [2.05, 4.69) is 36.0 Å². The lowest BCUT2D eigenvalue weighted by atomic mass is 9.16. The topological polar surface area (TPSA) is 155 Å². The van der Waals surface area contributed by atoms with Crippen LogP contribution in [0.1, 0.15) is 71.2 Å². The number of esters is 2. The summed E-state index contributed by atoms with van der Waals surface area (Å²) in [5.74, 6) is 1.08. The van der Waals surface area contributed by atoms with E-state index in [1.165, 1.54) is 25.0 Å². The molecule has 4 aromatic carbocycles. The molecular weight excluding hydrogens is 869 g/mol. The quantitative estimate of drug-likeness (QED) is 0.191. The molecule has 4 aliphatic heterocycles. The van der Waals surface area contributed by atoms with Crippen molar-refractivity contribution >= 4 is 11.9 Å². The zero-order valence-electron chi connectivity index (χ0n) is 39.4. The number of carbonyl (C=O) groups is 2. The maximum Gasteiger partial charge on any atom is 0.308 e. The first kappa shape index (κ1) is 40.4. The van der Waals surface area contributed by atoms with Gasteiger partial charge in [-0.1, -0.05) is 12.1 Å². The summed E-state index contributed by atoms with van der Waals surface area (Å²) in [6, 6.07) is 14.9. The number of likely N-dealkylation sites (N-methyl/N-ethyl adjacent to an activating group) is 2. The van der Waals surface area contributed by atoms with E-state index in [0.717, 1.165) is 35.3 Å². The third-order valence-electron chi connectivity index (χ3n) is 20.7. The van der Waals surface area contributed by atoms with Gasteiger partial charge in [-0.05, 0) is 112 Å². The van der Waals surface area contributed by atoms with Gasteiger partial charge in [-0.2, -0.15) is 0 Å². The highest BCUT2D eigenvalue weighted by atomic mass is 16.6. The third kappa shape index (κ3) is 3.52. The number of methoxy groups -OCH3 is 4. The average molecular weight is 923 g/mol. The molecule has 4 spiro atoms. The number of benzene rings is 4. The maximum absolute atomic E-state index is 13.4. The van der Waals surface area contributed by atoms with E-state index in [1.807, 2.05) is 12.1 Å². The largest absolute Gasteiger partial charge is 0.508 e. The number of ether oxygens (including phenoxy) is 8. The molecule has 13 aliphatic rings. The molecule has 0 amide bonds. The summed E-state index contributed by atoms with van der Waals surface area (Å²) >= 11 is 0. The zero-order valence-corrected chi connectivity index (χ0v) is 39.4. The third-order valence-corrected chi connectivity index (χ3v) is 20.7. The van der Waals surface area contributed by atoms with E-state index in [0.29, 0.717) is 71.3 Å². The van der Waals surface area contributed by atoms with E-state index in [4.69, 9.17) is 37.9 Å². The number of likely N-dealkylation sites (tertiary alicyclic amines) is 2. The van der Waals surface area contributed by atoms with Crippen LogP contribution >= 0.6 is 0 Å². The standard InChI is InChI=1S/C54H54N2O12/c1-23(57)65-29-15-11-27(59)37-39(29)53(63-7)43-41(51(37)33-21-25-9-13-31(61-5)45-35(25)49(51,47(53)67-45)17-19-55(33)3)42-44(43)54(64-8)40-30(66-24(2)58)16-12-28(60)38(40)52(42)34-22-26-10-14-32(62-6)46-36(26)50(52,48(54)68-46)18-20-56(34)4/h9-16,33-34,41-44,47-48,59-60H,17-22H2,1-8H3. The van der Waals surface area contributed by atoms with Crippen molar-refractivity contribution in [2.24, 2.45) is 23.7 Å². The number of hydrogen-bond acceptors (Lipinski definition) is 14. The van der Waals surface area contributed by atoms with Gasteiger partial charge in [0.2, 0.25) is 0 Å². The fourth-order valence-corrected chi connectivity index (χ4v) is 19.8. The molecule has 9 aliphatic carbocycles. The van der Waals surface area contributed by atoms with Gasteiger partial charge in [0.1, 0.15) is 46.4 Å². The van der Waals surface area contributed by atoms with Gasteiger partial charge in [0.15, 0.2) is 23.0 Å². The van der Waals surface area contributed by atoms with Gasteiger partial charge >= 0.3 is 11.9 Å². The van der Waals surface area contributed by atoms with Crippen LogP contribution in [0.3, 0.4) is 0 Å². The lowest BCUT2D eigenvalue weighted by Crippen LogP contribution is -2.96. The average Bonchev–Trinajstić information content (AvgIpc) is 3.86. The lowest BCUT2D eigenvalue weighted by molar-refractivity contribution is -0.402. The van der Waals surface area contributed by atoms with E-state index >= 15 is 0 Å². The van der Waals surface area contributed by atoms with E-state index in [1.54, 1.807) is 52.7 Å². The molecule has 14 nitrogen and oxygen atoms in total. The summed E-state index contributed by atoms with van der Waals surface area (Å²) in [6.45, 7) is 4.33. The molecule has 3 saturated carbocycles. The fraction of sp³-hybridized carbons (Fsp3) is 0.519. The second-order valence-electron chi connectivity index (χ2n) is 21.8. The van der Waals surface area contributed by atoms with Crippen LogP contribution in [0.15, 0.2) is 48.5 Å². The molecule has 14 unspecified atom stereocenters. The second-order valence-corrected chi connectivity index (χ2v) is 21.8. The minimum atomic E-state index is -1.40. The highest BCUT2D eigenvalue weighted by Gasteiger charge is 2.98. The Hall–Kier alpha value is -5.54. The Morgan fingerprint density at radius 3 is 1.32 bits per heavy atom. The molecule has 2 saturated heterocycles. The van der Waals surface area contributed by atoms with Crippen molar-refractivity contribution < 1.29 is 57.7 Å². The van der Waals surface area contributed by atoms with Gasteiger partial charge in [-0.3, -0.25) is 9.59 Å². The first-order valence-corrected chi connectivity index (χ1v) is 24.1. The first-order chi connectivity index (χ1) is 32.8. The lowest BCUT2D eigenvalue weighted by Gasteiger charge is -2.89. The summed E-state index contributed by atoms with van der Waals surface area (Å²) in [6.07, 6.45) is 1.31.